The van der Waals surface area contributed by atoms with Gasteiger partial charge >= 0.3 is 0 Å². The van der Waals surface area contributed by atoms with E-state index in [9.17, 15) is 14.4 Å². The number of anilines is 2. The van der Waals surface area contributed by atoms with E-state index in [-0.39, 0.29) is 23.6 Å². The molecule has 4 rings (SSSR count). The Labute approximate surface area is 190 Å². The van der Waals surface area contributed by atoms with Crippen LogP contribution < -0.4 is 20.1 Å². The second-order valence-corrected chi connectivity index (χ2v) is 8.79. The Morgan fingerprint density at radius 2 is 1.84 bits per heavy atom. The number of methoxy groups -OCH3 is 2. The first-order chi connectivity index (χ1) is 15.5. The summed E-state index contributed by atoms with van der Waals surface area (Å²) in [5.74, 6) is 0.295. The molecule has 0 bridgehead atoms. The number of carbonyl (C=O) groups is 3. The van der Waals surface area contributed by atoms with Crippen molar-refractivity contribution in [2.75, 3.05) is 37.9 Å². The molecule has 0 spiro atoms. The molecule has 1 atom stereocenters. The molecule has 2 heterocycles. The first-order valence-corrected chi connectivity index (χ1v) is 11.3. The Hall–Kier alpha value is -3.20. The van der Waals surface area contributed by atoms with Crippen LogP contribution in [0.3, 0.4) is 0 Å². The molecule has 32 heavy (non-hydrogen) atoms. The predicted molar refractivity (Wildman–Crippen MR) is 122 cm³/mol. The molecule has 9 heteroatoms. The highest BCUT2D eigenvalue weighted by Crippen LogP contribution is 2.37. The number of likely N-dealkylation sites (tertiary alicyclic amines) is 1. The fourth-order valence-corrected chi connectivity index (χ4v) is 4.96. The highest BCUT2D eigenvalue weighted by molar-refractivity contribution is 8.01. The lowest BCUT2D eigenvalue weighted by Gasteiger charge is -2.34. The lowest BCUT2D eigenvalue weighted by Crippen LogP contribution is -2.48. The van der Waals surface area contributed by atoms with Crippen LogP contribution in [0.2, 0.25) is 0 Å². The van der Waals surface area contributed by atoms with Gasteiger partial charge in [-0.2, -0.15) is 0 Å². The number of nitrogens with zero attached hydrogens (tertiary/aromatic N) is 1. The largest absolute Gasteiger partial charge is 0.497 e. The molecule has 0 aromatic heterocycles. The molecule has 2 aliphatic rings. The van der Waals surface area contributed by atoms with Gasteiger partial charge in [-0.25, -0.2) is 0 Å². The van der Waals surface area contributed by atoms with Crippen LogP contribution in [0.15, 0.2) is 47.4 Å². The fourth-order valence-electron chi connectivity index (χ4n) is 3.89. The van der Waals surface area contributed by atoms with Crippen LogP contribution in [0.5, 0.6) is 11.5 Å². The number of nitrogens with one attached hydrogen (secondary N) is 2. The smallest absolute Gasteiger partial charge is 0.247 e. The molecule has 0 saturated carbocycles. The third-order valence-electron chi connectivity index (χ3n) is 5.69. The van der Waals surface area contributed by atoms with E-state index in [2.05, 4.69) is 10.6 Å². The number of para-hydroxylation sites is 1. The highest BCUT2D eigenvalue weighted by Gasteiger charge is 2.37. The van der Waals surface area contributed by atoms with Crippen molar-refractivity contribution in [3.8, 4) is 11.5 Å². The van der Waals surface area contributed by atoms with Crippen molar-refractivity contribution >= 4 is 40.9 Å². The van der Waals surface area contributed by atoms with Crippen molar-refractivity contribution in [3.05, 3.63) is 42.5 Å². The van der Waals surface area contributed by atoms with Gasteiger partial charge in [0.05, 0.1) is 25.6 Å². The molecular formula is C23H25N3O5S. The normalized spacial score (nSPS) is 18.4. The van der Waals surface area contributed by atoms with Gasteiger partial charge in [0.15, 0.2) is 5.25 Å². The van der Waals surface area contributed by atoms with E-state index in [1.54, 1.807) is 37.3 Å². The molecule has 2 aliphatic heterocycles. The quantitative estimate of drug-likeness (QED) is 0.673. The Bertz CT molecular complexity index is 1040. The molecule has 0 aliphatic carbocycles. The molecule has 168 valence electrons. The molecule has 1 saturated heterocycles. The first kappa shape index (κ1) is 22.0. The second kappa shape index (κ2) is 9.52. The summed E-state index contributed by atoms with van der Waals surface area (Å²) in [4.78, 5) is 40.9. The maximum atomic E-state index is 13.0. The van der Waals surface area contributed by atoms with Gasteiger partial charge in [0.1, 0.15) is 11.5 Å². The van der Waals surface area contributed by atoms with Crippen molar-refractivity contribution in [2.24, 2.45) is 5.92 Å². The van der Waals surface area contributed by atoms with Crippen LogP contribution in [-0.2, 0) is 14.4 Å². The van der Waals surface area contributed by atoms with E-state index in [1.807, 2.05) is 24.3 Å². The number of amides is 3. The van der Waals surface area contributed by atoms with E-state index < -0.39 is 5.25 Å². The molecule has 0 radical (unpaired) electrons. The molecule has 2 N–H and O–H groups in total. The van der Waals surface area contributed by atoms with E-state index in [4.69, 9.17) is 9.47 Å². The van der Waals surface area contributed by atoms with Gasteiger partial charge in [-0.05, 0) is 37.1 Å². The summed E-state index contributed by atoms with van der Waals surface area (Å²) in [5, 5.41) is 4.92. The van der Waals surface area contributed by atoms with Gasteiger partial charge < -0.3 is 25.0 Å². The topological polar surface area (TPSA) is 97.0 Å². The van der Waals surface area contributed by atoms with E-state index in [0.717, 1.165) is 10.6 Å². The van der Waals surface area contributed by atoms with Gasteiger partial charge in [0, 0.05) is 30.0 Å². The number of piperidine rings is 1. The number of benzene rings is 2. The van der Waals surface area contributed by atoms with Crippen molar-refractivity contribution in [2.45, 2.75) is 23.0 Å². The van der Waals surface area contributed by atoms with E-state index in [0.29, 0.717) is 43.1 Å². The van der Waals surface area contributed by atoms with Crippen LogP contribution in [0, 0.1) is 5.92 Å². The van der Waals surface area contributed by atoms with Gasteiger partial charge in [0.25, 0.3) is 0 Å². The summed E-state index contributed by atoms with van der Waals surface area (Å²) >= 11 is 1.28. The summed E-state index contributed by atoms with van der Waals surface area (Å²) in [5.41, 5.74) is 1.28. The molecule has 0 unspecified atom stereocenters. The maximum Gasteiger partial charge on any atom is 0.247 e. The summed E-state index contributed by atoms with van der Waals surface area (Å²) < 4.78 is 10.5. The number of carbonyl (C=O) groups excluding carboxylic acids is 3. The highest BCUT2D eigenvalue weighted by atomic mass is 32.2. The zero-order valence-electron chi connectivity index (χ0n) is 17.9. The van der Waals surface area contributed by atoms with E-state index in [1.165, 1.54) is 11.8 Å². The number of hydrogen-bond acceptors (Lipinski definition) is 6. The van der Waals surface area contributed by atoms with Crippen molar-refractivity contribution in [1.29, 1.82) is 0 Å². The minimum Gasteiger partial charge on any atom is -0.497 e. The number of rotatable bonds is 5. The molecular weight excluding hydrogens is 430 g/mol. The van der Waals surface area contributed by atoms with Crippen LogP contribution in [0.25, 0.3) is 0 Å². The van der Waals surface area contributed by atoms with Gasteiger partial charge in [-0.1, -0.05) is 12.1 Å². The van der Waals surface area contributed by atoms with Crippen molar-refractivity contribution < 1.29 is 23.9 Å². The lowest BCUT2D eigenvalue weighted by molar-refractivity contribution is -0.136. The Morgan fingerprint density at radius 3 is 2.56 bits per heavy atom. The Kier molecular flexibility index (Phi) is 6.55. The Morgan fingerprint density at radius 1 is 1.09 bits per heavy atom. The maximum absolute atomic E-state index is 13.0. The SMILES string of the molecule is COc1ccc(OC)c(NC(=O)C2CCN(C(=O)[C@H]3Sc4ccccc4NC3=O)CC2)c1. The van der Waals surface area contributed by atoms with Gasteiger partial charge in [-0.3, -0.25) is 14.4 Å². The zero-order valence-corrected chi connectivity index (χ0v) is 18.7. The summed E-state index contributed by atoms with van der Waals surface area (Å²) in [6.07, 6.45) is 1.05. The number of thioether (sulfide) groups is 1. The molecule has 8 nitrogen and oxygen atoms in total. The number of fused-ring (bicyclic) bond motifs is 1. The third-order valence-corrected chi connectivity index (χ3v) is 6.96. The molecule has 2 aromatic carbocycles. The summed E-state index contributed by atoms with van der Waals surface area (Å²) in [6.45, 7) is 0.857. The minimum atomic E-state index is -0.809. The minimum absolute atomic E-state index is 0.123. The summed E-state index contributed by atoms with van der Waals surface area (Å²) in [7, 11) is 3.10. The second-order valence-electron chi connectivity index (χ2n) is 7.64. The zero-order chi connectivity index (χ0) is 22.7. The molecule has 1 fully saturated rings. The number of ether oxygens (including phenoxy) is 2. The van der Waals surface area contributed by atoms with Crippen LogP contribution in [0.1, 0.15) is 12.8 Å². The Balaban J connectivity index is 1.36. The lowest BCUT2D eigenvalue weighted by atomic mass is 9.95. The average Bonchev–Trinajstić information content (AvgIpc) is 2.83. The monoisotopic (exact) mass is 455 g/mol. The fraction of sp³-hybridized carbons (Fsp3) is 0.348. The predicted octanol–water partition coefficient (Wildman–Crippen LogP) is 2.99. The molecule has 3 amide bonds. The summed E-state index contributed by atoms with van der Waals surface area (Å²) in [6, 6.07) is 12.7. The average molecular weight is 456 g/mol. The molecule has 2 aromatic rings. The van der Waals surface area contributed by atoms with Gasteiger partial charge in [0.2, 0.25) is 17.7 Å². The van der Waals surface area contributed by atoms with Crippen LogP contribution >= 0.6 is 11.8 Å². The number of hydrogen-bond donors (Lipinski definition) is 2. The third kappa shape index (κ3) is 4.52. The van der Waals surface area contributed by atoms with Gasteiger partial charge in [-0.15, -0.1) is 11.8 Å². The van der Waals surface area contributed by atoms with Crippen molar-refractivity contribution in [3.63, 3.8) is 0 Å². The standard InChI is InChI=1S/C23H25N3O5S/c1-30-15-7-8-18(31-2)17(13-15)25-21(27)14-9-11-26(12-10-14)23(29)20-22(28)24-16-5-3-4-6-19(16)32-20/h3-8,13-14,20H,9-12H2,1-2H3,(H,24,28)(H,25,27)/t20-/m0/s1. The van der Waals surface area contributed by atoms with Crippen molar-refractivity contribution in [1.82, 2.24) is 4.90 Å². The van der Waals surface area contributed by atoms with Crippen LogP contribution in [0.4, 0.5) is 11.4 Å². The first-order valence-electron chi connectivity index (χ1n) is 10.4. The van der Waals surface area contributed by atoms with E-state index >= 15 is 0 Å². The van der Waals surface area contributed by atoms with Crippen LogP contribution in [-0.4, -0.2) is 55.2 Å².